The quantitative estimate of drug-likeness (QED) is 0.875. The van der Waals surface area contributed by atoms with E-state index in [9.17, 15) is 8.42 Å². The Kier molecular flexibility index (Phi) is 5.18. The highest BCUT2D eigenvalue weighted by atomic mass is 32.2. The van der Waals surface area contributed by atoms with E-state index in [1.54, 1.807) is 18.2 Å². The second kappa shape index (κ2) is 6.27. The van der Waals surface area contributed by atoms with Gasteiger partial charge in [0, 0.05) is 24.9 Å². The van der Waals surface area contributed by atoms with Crippen molar-refractivity contribution < 1.29 is 8.42 Å². The van der Waals surface area contributed by atoms with Crippen molar-refractivity contribution in [2.24, 2.45) is 5.41 Å². The van der Waals surface area contributed by atoms with Crippen molar-refractivity contribution in [3.8, 4) is 6.07 Å². The predicted octanol–water partition coefficient (Wildman–Crippen LogP) is 3.14. The van der Waals surface area contributed by atoms with Crippen LogP contribution in [0.2, 0.25) is 0 Å². The lowest BCUT2D eigenvalue weighted by atomic mass is 9.88. The van der Waals surface area contributed by atoms with Crippen LogP contribution >= 0.6 is 0 Å². The van der Waals surface area contributed by atoms with Crippen LogP contribution in [0.4, 0.5) is 5.69 Å². The molecule has 4 nitrogen and oxygen atoms in total. The van der Waals surface area contributed by atoms with Crippen LogP contribution in [0, 0.1) is 23.7 Å². The van der Waals surface area contributed by atoms with Gasteiger partial charge >= 0.3 is 0 Å². The summed E-state index contributed by atoms with van der Waals surface area (Å²) in [5, 5.41) is 11.9. The van der Waals surface area contributed by atoms with E-state index in [0.29, 0.717) is 17.9 Å². The summed E-state index contributed by atoms with van der Waals surface area (Å²) in [6, 6.07) is 7.26. The van der Waals surface area contributed by atoms with E-state index in [-0.39, 0.29) is 5.41 Å². The van der Waals surface area contributed by atoms with Crippen molar-refractivity contribution in [2.75, 3.05) is 18.1 Å². The standard InChI is InChI=1S/C15H22N2O2S/c1-12-6-7-13(20(4,18)19)10-14(12)17-11-15(2,3)8-5-9-16/h6-7,10,17H,5,8,11H2,1-4H3. The van der Waals surface area contributed by atoms with Crippen LogP contribution in [-0.4, -0.2) is 21.2 Å². The molecule has 0 radical (unpaired) electrons. The number of nitrogens with zero attached hydrogens (tertiary/aromatic N) is 1. The first-order chi connectivity index (χ1) is 9.15. The monoisotopic (exact) mass is 294 g/mol. The summed E-state index contributed by atoms with van der Waals surface area (Å²) in [6.07, 6.45) is 2.54. The Bertz CT molecular complexity index is 613. The molecule has 1 aromatic carbocycles. The predicted molar refractivity (Wildman–Crippen MR) is 81.4 cm³/mol. The van der Waals surface area contributed by atoms with Crippen LogP contribution in [-0.2, 0) is 9.84 Å². The number of benzene rings is 1. The third-order valence-corrected chi connectivity index (χ3v) is 4.42. The Morgan fingerprint density at radius 2 is 2.00 bits per heavy atom. The number of aryl methyl sites for hydroxylation is 1. The van der Waals surface area contributed by atoms with E-state index < -0.39 is 9.84 Å². The number of nitrogens with one attached hydrogen (secondary N) is 1. The summed E-state index contributed by atoms with van der Waals surface area (Å²) >= 11 is 0. The fourth-order valence-corrected chi connectivity index (χ4v) is 2.49. The van der Waals surface area contributed by atoms with E-state index in [4.69, 9.17) is 5.26 Å². The maximum atomic E-state index is 11.6. The molecule has 1 aromatic rings. The summed E-state index contributed by atoms with van der Waals surface area (Å²) in [7, 11) is -3.19. The minimum atomic E-state index is -3.19. The molecule has 0 fully saturated rings. The van der Waals surface area contributed by atoms with Crippen molar-refractivity contribution in [2.45, 2.75) is 38.5 Å². The normalized spacial score (nSPS) is 11.9. The van der Waals surface area contributed by atoms with E-state index >= 15 is 0 Å². The maximum Gasteiger partial charge on any atom is 0.175 e. The van der Waals surface area contributed by atoms with Gasteiger partial charge < -0.3 is 5.32 Å². The van der Waals surface area contributed by atoms with E-state index in [2.05, 4.69) is 25.2 Å². The average molecular weight is 294 g/mol. The van der Waals surface area contributed by atoms with Gasteiger partial charge in [0.15, 0.2) is 9.84 Å². The van der Waals surface area contributed by atoms with Crippen LogP contribution < -0.4 is 5.32 Å². The molecule has 1 N–H and O–H groups in total. The van der Waals surface area contributed by atoms with Crippen LogP contribution in [0.1, 0.15) is 32.3 Å². The van der Waals surface area contributed by atoms with E-state index in [0.717, 1.165) is 17.7 Å². The summed E-state index contributed by atoms with van der Waals surface area (Å²) in [5.41, 5.74) is 1.83. The Balaban J connectivity index is 2.86. The molecule has 1 rings (SSSR count). The molecule has 0 unspecified atom stereocenters. The second-order valence-corrected chi connectivity index (χ2v) is 7.94. The van der Waals surface area contributed by atoms with Gasteiger partial charge in [-0.1, -0.05) is 19.9 Å². The van der Waals surface area contributed by atoms with Gasteiger partial charge in [-0.25, -0.2) is 8.42 Å². The summed E-state index contributed by atoms with van der Waals surface area (Å²) < 4.78 is 23.2. The summed E-state index contributed by atoms with van der Waals surface area (Å²) in [4.78, 5) is 0.320. The Morgan fingerprint density at radius 1 is 1.35 bits per heavy atom. The molecule has 0 aromatic heterocycles. The zero-order chi connectivity index (χ0) is 15.4. The zero-order valence-electron chi connectivity index (χ0n) is 12.5. The lowest BCUT2D eigenvalue weighted by Crippen LogP contribution is -2.23. The van der Waals surface area contributed by atoms with E-state index in [1.807, 2.05) is 6.92 Å². The second-order valence-electron chi connectivity index (χ2n) is 5.92. The van der Waals surface area contributed by atoms with Gasteiger partial charge in [0.1, 0.15) is 0 Å². The van der Waals surface area contributed by atoms with Gasteiger partial charge in [-0.2, -0.15) is 5.26 Å². The van der Waals surface area contributed by atoms with Crippen molar-refractivity contribution >= 4 is 15.5 Å². The minimum Gasteiger partial charge on any atom is -0.384 e. The Hall–Kier alpha value is -1.54. The first-order valence-electron chi connectivity index (χ1n) is 6.57. The number of hydrogen-bond donors (Lipinski definition) is 1. The lowest BCUT2D eigenvalue weighted by molar-refractivity contribution is 0.363. The molecular formula is C15H22N2O2S. The molecule has 0 aliphatic heterocycles. The molecule has 0 heterocycles. The van der Waals surface area contributed by atoms with Crippen LogP contribution in [0.15, 0.2) is 23.1 Å². The molecule has 0 amide bonds. The van der Waals surface area contributed by atoms with Crippen molar-refractivity contribution in [1.29, 1.82) is 5.26 Å². The first kappa shape index (κ1) is 16.5. The lowest BCUT2D eigenvalue weighted by Gasteiger charge is -2.25. The minimum absolute atomic E-state index is 0.0107. The van der Waals surface area contributed by atoms with Crippen molar-refractivity contribution in [3.05, 3.63) is 23.8 Å². The fourth-order valence-electron chi connectivity index (χ4n) is 1.84. The molecule has 0 atom stereocenters. The number of anilines is 1. The number of sulfone groups is 1. The SMILES string of the molecule is Cc1ccc(S(C)(=O)=O)cc1NCC(C)(C)CCC#N. The van der Waals surface area contributed by atoms with Gasteiger partial charge in [0.05, 0.1) is 11.0 Å². The highest BCUT2D eigenvalue weighted by molar-refractivity contribution is 7.90. The smallest absolute Gasteiger partial charge is 0.175 e. The third-order valence-electron chi connectivity index (χ3n) is 3.31. The van der Waals surface area contributed by atoms with Gasteiger partial charge in [0.25, 0.3) is 0 Å². The fraction of sp³-hybridized carbons (Fsp3) is 0.533. The van der Waals surface area contributed by atoms with Crippen molar-refractivity contribution in [1.82, 2.24) is 0 Å². The number of rotatable bonds is 6. The maximum absolute atomic E-state index is 11.6. The van der Waals surface area contributed by atoms with Crippen LogP contribution in [0.5, 0.6) is 0 Å². The molecule has 110 valence electrons. The number of hydrogen-bond acceptors (Lipinski definition) is 4. The molecule has 20 heavy (non-hydrogen) atoms. The average Bonchev–Trinajstić information content (AvgIpc) is 2.34. The van der Waals surface area contributed by atoms with Crippen LogP contribution in [0.25, 0.3) is 0 Å². The largest absolute Gasteiger partial charge is 0.384 e. The Labute approximate surface area is 121 Å². The highest BCUT2D eigenvalue weighted by Crippen LogP contribution is 2.25. The summed E-state index contributed by atoms with van der Waals surface area (Å²) in [5.74, 6) is 0. The molecular weight excluding hydrogens is 272 g/mol. The highest BCUT2D eigenvalue weighted by Gasteiger charge is 2.18. The molecule has 0 aliphatic rings. The zero-order valence-corrected chi connectivity index (χ0v) is 13.3. The molecule has 0 saturated carbocycles. The molecule has 5 heteroatoms. The summed E-state index contributed by atoms with van der Waals surface area (Å²) in [6.45, 7) is 6.82. The van der Waals surface area contributed by atoms with E-state index in [1.165, 1.54) is 6.26 Å². The van der Waals surface area contributed by atoms with Gasteiger partial charge in [-0.15, -0.1) is 0 Å². The van der Waals surface area contributed by atoms with Crippen LogP contribution in [0.3, 0.4) is 0 Å². The van der Waals surface area contributed by atoms with Crippen molar-refractivity contribution in [3.63, 3.8) is 0 Å². The molecule has 0 saturated heterocycles. The third kappa shape index (κ3) is 4.86. The molecule has 0 bridgehead atoms. The topological polar surface area (TPSA) is 70.0 Å². The molecule has 0 aliphatic carbocycles. The van der Waals surface area contributed by atoms with Gasteiger partial charge in [-0.3, -0.25) is 0 Å². The van der Waals surface area contributed by atoms with Gasteiger partial charge in [0.2, 0.25) is 0 Å². The Morgan fingerprint density at radius 3 is 2.55 bits per heavy atom. The first-order valence-corrected chi connectivity index (χ1v) is 8.46. The van der Waals surface area contributed by atoms with Gasteiger partial charge in [-0.05, 0) is 36.5 Å². The number of nitriles is 1. The molecule has 0 spiro atoms.